The predicted molar refractivity (Wildman–Crippen MR) is 160 cm³/mol. The number of rotatable bonds is 11. The molecule has 0 saturated heterocycles. The maximum absolute atomic E-state index is 14.0. The van der Waals surface area contributed by atoms with E-state index < -0.39 is 17.5 Å². The number of carbonyl (C=O) groups excluding carboxylic acids is 1. The van der Waals surface area contributed by atoms with Gasteiger partial charge in [0.15, 0.2) is 11.5 Å². The van der Waals surface area contributed by atoms with E-state index in [0.717, 1.165) is 6.42 Å². The molecule has 0 aliphatic heterocycles. The third-order valence-electron chi connectivity index (χ3n) is 6.27. The normalized spacial score (nSPS) is 12.9. The van der Waals surface area contributed by atoms with E-state index in [1.165, 1.54) is 21.3 Å². The molecule has 0 N–H and O–H groups in total. The number of hydrogen-bond donors (Lipinski definition) is 0. The molecule has 0 bridgehead atoms. The van der Waals surface area contributed by atoms with Crippen LogP contribution in [-0.4, -0.2) is 32.9 Å². The molecule has 0 spiro atoms. The van der Waals surface area contributed by atoms with Crippen LogP contribution in [0.4, 0.5) is 0 Å². The highest BCUT2D eigenvalue weighted by Crippen LogP contribution is 2.38. The van der Waals surface area contributed by atoms with Gasteiger partial charge in [-0.15, -0.1) is 0 Å². The van der Waals surface area contributed by atoms with Gasteiger partial charge in [-0.2, -0.15) is 0 Å². The van der Waals surface area contributed by atoms with E-state index in [4.69, 9.17) is 23.4 Å². The number of allylic oxidation sites excluding steroid dienone is 4. The third kappa shape index (κ3) is 7.14. The van der Waals surface area contributed by atoms with Gasteiger partial charge >= 0.3 is 5.97 Å². The molecule has 0 aliphatic rings. The minimum absolute atomic E-state index is 0.193. The Morgan fingerprint density at radius 1 is 0.950 bits per heavy atom. The first-order valence-electron chi connectivity index (χ1n) is 13.3. The number of methoxy groups -OCH3 is 3. The van der Waals surface area contributed by atoms with Crippen molar-refractivity contribution in [2.75, 3.05) is 21.3 Å². The van der Waals surface area contributed by atoms with Crippen molar-refractivity contribution >= 4 is 27.9 Å². The quantitative estimate of drug-likeness (QED) is 0.106. The van der Waals surface area contributed by atoms with Gasteiger partial charge in [-0.05, 0) is 57.2 Å². The molecule has 0 radical (unpaired) electrons. The van der Waals surface area contributed by atoms with Crippen molar-refractivity contribution in [2.24, 2.45) is 5.92 Å². The van der Waals surface area contributed by atoms with Crippen molar-refractivity contribution in [3.05, 3.63) is 76.5 Å². The lowest BCUT2D eigenvalue weighted by molar-refractivity contribution is -0.150. The minimum Gasteiger partial charge on any atom is -0.497 e. The Morgan fingerprint density at radius 2 is 1.62 bits per heavy atom. The fraction of sp³-hybridized carbons (Fsp3) is 0.394. The van der Waals surface area contributed by atoms with E-state index in [2.05, 4.69) is 32.6 Å². The second kappa shape index (κ2) is 12.9. The number of carbonyl (C=O) groups is 1. The molecule has 7 nitrogen and oxygen atoms in total. The van der Waals surface area contributed by atoms with Gasteiger partial charge in [0.2, 0.25) is 5.43 Å². The van der Waals surface area contributed by atoms with Crippen molar-refractivity contribution in [3.63, 3.8) is 0 Å². The molecule has 1 atom stereocenters. The molecule has 40 heavy (non-hydrogen) atoms. The van der Waals surface area contributed by atoms with Crippen LogP contribution in [0.25, 0.3) is 21.9 Å². The summed E-state index contributed by atoms with van der Waals surface area (Å²) in [4.78, 5) is 27.2. The molecule has 3 rings (SSSR count). The predicted octanol–water partition coefficient (Wildman–Crippen LogP) is 7.50. The van der Waals surface area contributed by atoms with Crippen LogP contribution in [0, 0.1) is 5.92 Å². The van der Waals surface area contributed by atoms with Crippen LogP contribution >= 0.6 is 0 Å². The lowest BCUT2D eigenvalue weighted by Gasteiger charge is -2.23. The molecule has 1 aromatic heterocycles. The summed E-state index contributed by atoms with van der Waals surface area (Å²) in [5.74, 6) is 0.648. The van der Waals surface area contributed by atoms with Crippen molar-refractivity contribution in [1.29, 1.82) is 0 Å². The van der Waals surface area contributed by atoms with E-state index in [9.17, 15) is 9.59 Å². The number of fused-ring (bicyclic) bond motifs is 2. The average Bonchev–Trinajstić information content (AvgIpc) is 2.89. The maximum atomic E-state index is 14.0. The van der Waals surface area contributed by atoms with Gasteiger partial charge in [0.05, 0.1) is 32.1 Å². The summed E-state index contributed by atoms with van der Waals surface area (Å²) in [5.41, 5.74) is 0.377. The summed E-state index contributed by atoms with van der Waals surface area (Å²) in [5, 5.41) is 0.633. The molecule has 0 fully saturated rings. The Morgan fingerprint density at radius 3 is 2.23 bits per heavy atom. The smallest absolute Gasteiger partial charge is 0.334 e. The summed E-state index contributed by atoms with van der Waals surface area (Å²) >= 11 is 0. The molecular weight excluding hydrogens is 508 g/mol. The van der Waals surface area contributed by atoms with Gasteiger partial charge < -0.3 is 23.4 Å². The second-order valence-electron chi connectivity index (χ2n) is 11.0. The van der Waals surface area contributed by atoms with Gasteiger partial charge in [-0.1, -0.05) is 44.7 Å². The van der Waals surface area contributed by atoms with Crippen LogP contribution in [-0.2, 0) is 9.53 Å². The molecule has 3 aromatic rings. The SMILES string of the molecule is C=C(C(=O)OC(C)(C)C)C(C=CCC=CCC(C)C)c1cc(OC)cc2oc3cc(OC)c(OC)cc3c(=O)c12. The van der Waals surface area contributed by atoms with E-state index in [-0.39, 0.29) is 11.0 Å². The number of benzene rings is 2. The Bertz CT molecular complexity index is 1500. The molecule has 0 aliphatic carbocycles. The highest BCUT2D eigenvalue weighted by atomic mass is 16.6. The molecule has 1 heterocycles. The van der Waals surface area contributed by atoms with Crippen molar-refractivity contribution in [2.45, 2.75) is 59.0 Å². The molecule has 7 heteroatoms. The number of esters is 1. The van der Waals surface area contributed by atoms with Crippen LogP contribution in [0.15, 0.2) is 69.9 Å². The minimum atomic E-state index is -0.713. The largest absolute Gasteiger partial charge is 0.497 e. The first-order valence-corrected chi connectivity index (χ1v) is 13.3. The van der Waals surface area contributed by atoms with E-state index >= 15 is 0 Å². The first-order chi connectivity index (χ1) is 18.9. The molecule has 1 unspecified atom stereocenters. The van der Waals surface area contributed by atoms with E-state index in [1.54, 1.807) is 45.0 Å². The van der Waals surface area contributed by atoms with Crippen LogP contribution in [0.5, 0.6) is 17.2 Å². The summed E-state index contributed by atoms with van der Waals surface area (Å²) in [6, 6.07) is 6.61. The highest BCUT2D eigenvalue weighted by Gasteiger charge is 2.28. The summed E-state index contributed by atoms with van der Waals surface area (Å²) in [7, 11) is 4.55. The lowest BCUT2D eigenvalue weighted by atomic mass is 9.88. The maximum Gasteiger partial charge on any atom is 0.334 e. The van der Waals surface area contributed by atoms with Gasteiger partial charge in [-0.25, -0.2) is 4.79 Å². The monoisotopic (exact) mass is 548 g/mol. The van der Waals surface area contributed by atoms with E-state index in [0.29, 0.717) is 57.1 Å². The number of hydrogen-bond acceptors (Lipinski definition) is 7. The fourth-order valence-electron chi connectivity index (χ4n) is 4.31. The summed E-state index contributed by atoms with van der Waals surface area (Å²) in [6.07, 6.45) is 9.68. The zero-order valence-corrected chi connectivity index (χ0v) is 24.8. The van der Waals surface area contributed by atoms with Gasteiger partial charge in [0.1, 0.15) is 22.5 Å². The lowest BCUT2D eigenvalue weighted by Crippen LogP contribution is -2.26. The Hall–Kier alpha value is -4.00. The van der Waals surface area contributed by atoms with Crippen LogP contribution in [0.3, 0.4) is 0 Å². The van der Waals surface area contributed by atoms with Crippen molar-refractivity contribution < 1.29 is 28.2 Å². The molecule has 0 saturated carbocycles. The fourth-order valence-corrected chi connectivity index (χ4v) is 4.31. The standard InChI is InChI=1S/C33H40O7/c1-20(2)14-12-10-11-13-15-23(21(3)32(35)40-33(4,5)6)24-16-22(36-7)17-29-30(24)31(34)25-18-27(37-8)28(38-9)19-26(25)39-29/h10,12-13,15-20,23H,3,11,14H2,1-2,4-9H3. The van der Waals surface area contributed by atoms with Gasteiger partial charge in [0.25, 0.3) is 0 Å². The summed E-state index contributed by atoms with van der Waals surface area (Å²) < 4.78 is 28.2. The van der Waals surface area contributed by atoms with Gasteiger partial charge in [-0.3, -0.25) is 4.79 Å². The van der Waals surface area contributed by atoms with Crippen LogP contribution < -0.4 is 19.6 Å². The Balaban J connectivity index is 2.26. The molecular formula is C33H40O7. The van der Waals surface area contributed by atoms with Crippen molar-refractivity contribution in [3.8, 4) is 17.2 Å². The Labute approximate surface area is 236 Å². The van der Waals surface area contributed by atoms with Gasteiger partial charge in [0, 0.05) is 23.6 Å². The second-order valence-corrected chi connectivity index (χ2v) is 11.0. The first kappa shape index (κ1) is 30.5. The van der Waals surface area contributed by atoms with E-state index in [1.807, 2.05) is 12.2 Å². The summed E-state index contributed by atoms with van der Waals surface area (Å²) in [6.45, 7) is 13.8. The van der Waals surface area contributed by atoms with Crippen molar-refractivity contribution in [1.82, 2.24) is 0 Å². The van der Waals surface area contributed by atoms with Crippen LogP contribution in [0.2, 0.25) is 0 Å². The van der Waals surface area contributed by atoms with Crippen LogP contribution in [0.1, 0.15) is 58.9 Å². The highest BCUT2D eigenvalue weighted by molar-refractivity contribution is 5.96. The zero-order chi connectivity index (χ0) is 29.6. The topological polar surface area (TPSA) is 84.2 Å². The molecule has 214 valence electrons. The Kier molecular flexibility index (Phi) is 9.85. The average molecular weight is 549 g/mol. The molecule has 0 amide bonds. The third-order valence-corrected chi connectivity index (χ3v) is 6.27. The molecule has 2 aromatic carbocycles. The number of ether oxygens (including phenoxy) is 4. The zero-order valence-electron chi connectivity index (χ0n) is 24.8.